The summed E-state index contributed by atoms with van der Waals surface area (Å²) in [7, 11) is 0. The Labute approximate surface area is 94.9 Å². The molecule has 0 spiro atoms. The summed E-state index contributed by atoms with van der Waals surface area (Å²) in [5.41, 5.74) is 1.02. The lowest BCUT2D eigenvalue weighted by Crippen LogP contribution is -2.25. The third kappa shape index (κ3) is 2.79. The smallest absolute Gasteiger partial charge is 0.126 e. The normalized spacial score (nSPS) is 17.4. The number of benzene rings is 1. The van der Waals surface area contributed by atoms with Gasteiger partial charge in [-0.3, -0.25) is 0 Å². The lowest BCUT2D eigenvalue weighted by Gasteiger charge is -2.15. The van der Waals surface area contributed by atoms with Crippen LogP contribution in [0.15, 0.2) is 18.2 Å². The molecule has 3 heteroatoms. The lowest BCUT2D eigenvalue weighted by molar-refractivity contribution is 0.460. The zero-order valence-electron chi connectivity index (χ0n) is 9.52. The second kappa shape index (κ2) is 4.50. The van der Waals surface area contributed by atoms with Gasteiger partial charge in [0.1, 0.15) is 11.6 Å². The predicted octanol–water partition coefficient (Wildman–Crippen LogP) is 2.90. The second-order valence-electron chi connectivity index (χ2n) is 4.73. The Morgan fingerprint density at radius 3 is 2.31 bits per heavy atom. The van der Waals surface area contributed by atoms with Crippen LogP contribution >= 0.6 is 0 Å². The Morgan fingerprint density at radius 2 is 1.81 bits per heavy atom. The van der Waals surface area contributed by atoms with E-state index in [1.54, 1.807) is 0 Å². The van der Waals surface area contributed by atoms with Crippen LogP contribution < -0.4 is 5.32 Å². The maximum Gasteiger partial charge on any atom is 0.126 e. The van der Waals surface area contributed by atoms with E-state index in [0.717, 1.165) is 44.0 Å². The third-order valence-corrected chi connectivity index (χ3v) is 3.21. The lowest BCUT2D eigenvalue weighted by atomic mass is 9.96. The highest BCUT2D eigenvalue weighted by atomic mass is 19.1. The first kappa shape index (κ1) is 11.5. The molecular weight excluding hydrogens is 208 g/mol. The topological polar surface area (TPSA) is 12.0 Å². The Hall–Kier alpha value is -0.960. The maximum absolute atomic E-state index is 13.0. The standard InChI is InChI=1S/C13H17F2N/c1-2-16-9-13(3-4-13)8-10-5-11(14)7-12(15)6-10/h5-7,16H,2-4,8-9H2,1H3. The monoisotopic (exact) mass is 225 g/mol. The zero-order valence-corrected chi connectivity index (χ0v) is 9.52. The average molecular weight is 225 g/mol. The fraction of sp³-hybridized carbons (Fsp3) is 0.538. The summed E-state index contributed by atoms with van der Waals surface area (Å²) < 4.78 is 26.0. The van der Waals surface area contributed by atoms with Crippen molar-refractivity contribution in [3.05, 3.63) is 35.4 Å². The van der Waals surface area contributed by atoms with Gasteiger partial charge in [-0.25, -0.2) is 8.78 Å². The van der Waals surface area contributed by atoms with E-state index >= 15 is 0 Å². The molecule has 0 amide bonds. The van der Waals surface area contributed by atoms with Crippen molar-refractivity contribution in [3.63, 3.8) is 0 Å². The number of rotatable bonds is 5. The van der Waals surface area contributed by atoms with E-state index in [4.69, 9.17) is 0 Å². The molecule has 0 unspecified atom stereocenters. The minimum Gasteiger partial charge on any atom is -0.316 e. The summed E-state index contributed by atoms with van der Waals surface area (Å²) in [6.45, 7) is 3.96. The van der Waals surface area contributed by atoms with E-state index in [0.29, 0.717) is 0 Å². The van der Waals surface area contributed by atoms with E-state index in [-0.39, 0.29) is 5.41 Å². The van der Waals surface area contributed by atoms with Crippen molar-refractivity contribution >= 4 is 0 Å². The summed E-state index contributed by atoms with van der Waals surface area (Å²) in [4.78, 5) is 0. The number of nitrogens with one attached hydrogen (secondary N) is 1. The highest BCUT2D eigenvalue weighted by Gasteiger charge is 2.41. The summed E-state index contributed by atoms with van der Waals surface area (Å²) >= 11 is 0. The van der Waals surface area contributed by atoms with Gasteiger partial charge in [0.15, 0.2) is 0 Å². The number of halogens is 2. The van der Waals surface area contributed by atoms with Crippen LogP contribution in [0.5, 0.6) is 0 Å². The van der Waals surface area contributed by atoms with Crippen LogP contribution in [0.4, 0.5) is 8.78 Å². The van der Waals surface area contributed by atoms with E-state index < -0.39 is 11.6 Å². The van der Waals surface area contributed by atoms with E-state index in [2.05, 4.69) is 12.2 Å². The van der Waals surface area contributed by atoms with Gasteiger partial charge in [0, 0.05) is 12.6 Å². The van der Waals surface area contributed by atoms with E-state index in [1.807, 2.05) is 0 Å². The summed E-state index contributed by atoms with van der Waals surface area (Å²) in [6, 6.07) is 3.80. The number of hydrogen-bond acceptors (Lipinski definition) is 1. The quantitative estimate of drug-likeness (QED) is 0.812. The molecule has 1 fully saturated rings. The first-order chi connectivity index (χ1) is 7.63. The molecule has 1 nitrogen and oxygen atoms in total. The van der Waals surface area contributed by atoms with Crippen LogP contribution in [0.25, 0.3) is 0 Å². The fourth-order valence-electron chi connectivity index (χ4n) is 2.13. The highest BCUT2D eigenvalue weighted by molar-refractivity contribution is 5.21. The van der Waals surface area contributed by atoms with Gasteiger partial charge < -0.3 is 5.32 Å². The Kier molecular flexibility index (Phi) is 3.24. The molecule has 0 atom stereocenters. The first-order valence-corrected chi connectivity index (χ1v) is 5.79. The van der Waals surface area contributed by atoms with E-state index in [1.165, 1.54) is 12.1 Å². The molecule has 0 aromatic heterocycles. The van der Waals surface area contributed by atoms with Crippen molar-refractivity contribution < 1.29 is 8.78 Å². The van der Waals surface area contributed by atoms with Gasteiger partial charge in [-0.05, 0) is 48.9 Å². The third-order valence-electron chi connectivity index (χ3n) is 3.21. The molecule has 1 aliphatic carbocycles. The summed E-state index contributed by atoms with van der Waals surface area (Å²) in [5, 5.41) is 3.31. The molecule has 1 aliphatic rings. The van der Waals surface area contributed by atoms with E-state index in [9.17, 15) is 8.78 Å². The molecule has 88 valence electrons. The van der Waals surface area contributed by atoms with Crippen LogP contribution in [-0.2, 0) is 6.42 Å². The molecule has 1 aromatic carbocycles. The van der Waals surface area contributed by atoms with Crippen molar-refractivity contribution in [2.75, 3.05) is 13.1 Å². The highest BCUT2D eigenvalue weighted by Crippen LogP contribution is 2.47. The number of hydrogen-bond donors (Lipinski definition) is 1. The van der Waals surface area contributed by atoms with Gasteiger partial charge >= 0.3 is 0 Å². The molecule has 16 heavy (non-hydrogen) atoms. The molecule has 1 saturated carbocycles. The van der Waals surface area contributed by atoms with Gasteiger partial charge in [0.05, 0.1) is 0 Å². The molecule has 0 radical (unpaired) electrons. The summed E-state index contributed by atoms with van der Waals surface area (Å²) in [6.07, 6.45) is 3.07. The Morgan fingerprint density at radius 1 is 1.19 bits per heavy atom. The second-order valence-corrected chi connectivity index (χ2v) is 4.73. The van der Waals surface area contributed by atoms with Crippen molar-refractivity contribution in [1.29, 1.82) is 0 Å². The SMILES string of the molecule is CCNCC1(Cc2cc(F)cc(F)c2)CC1. The van der Waals surface area contributed by atoms with Crippen molar-refractivity contribution in [1.82, 2.24) is 5.32 Å². The first-order valence-electron chi connectivity index (χ1n) is 5.79. The average Bonchev–Trinajstić information content (AvgIpc) is 2.94. The molecule has 0 saturated heterocycles. The van der Waals surface area contributed by atoms with Gasteiger partial charge in [0.2, 0.25) is 0 Å². The van der Waals surface area contributed by atoms with Crippen LogP contribution in [-0.4, -0.2) is 13.1 Å². The molecular formula is C13H17F2N. The van der Waals surface area contributed by atoms with Crippen LogP contribution in [0.3, 0.4) is 0 Å². The predicted molar refractivity (Wildman–Crippen MR) is 60.3 cm³/mol. The Bertz CT molecular complexity index is 352. The largest absolute Gasteiger partial charge is 0.316 e. The minimum absolute atomic E-state index is 0.246. The molecule has 0 aliphatic heterocycles. The van der Waals surface area contributed by atoms with Crippen LogP contribution in [0.1, 0.15) is 25.3 Å². The van der Waals surface area contributed by atoms with Gasteiger partial charge in [-0.2, -0.15) is 0 Å². The molecule has 0 heterocycles. The molecule has 0 bridgehead atoms. The molecule has 1 aromatic rings. The van der Waals surface area contributed by atoms with Crippen LogP contribution in [0, 0.1) is 17.0 Å². The minimum atomic E-state index is -0.478. The summed E-state index contributed by atoms with van der Waals surface area (Å²) in [5.74, 6) is -0.955. The van der Waals surface area contributed by atoms with Crippen molar-refractivity contribution in [3.8, 4) is 0 Å². The molecule has 1 N–H and O–H groups in total. The van der Waals surface area contributed by atoms with Gasteiger partial charge in [0.25, 0.3) is 0 Å². The van der Waals surface area contributed by atoms with Gasteiger partial charge in [-0.15, -0.1) is 0 Å². The zero-order chi connectivity index (χ0) is 11.6. The van der Waals surface area contributed by atoms with Crippen molar-refractivity contribution in [2.45, 2.75) is 26.2 Å². The van der Waals surface area contributed by atoms with Crippen molar-refractivity contribution in [2.24, 2.45) is 5.41 Å². The van der Waals surface area contributed by atoms with Gasteiger partial charge in [-0.1, -0.05) is 6.92 Å². The Balaban J connectivity index is 2.03. The van der Waals surface area contributed by atoms with Crippen LogP contribution in [0.2, 0.25) is 0 Å². The maximum atomic E-state index is 13.0. The fourth-order valence-corrected chi connectivity index (χ4v) is 2.13. The molecule has 2 rings (SSSR count).